The Bertz CT molecular complexity index is 229. The summed E-state index contributed by atoms with van der Waals surface area (Å²) in [7, 11) is 1.19. The van der Waals surface area contributed by atoms with Crippen LogP contribution in [0.25, 0.3) is 0 Å². The lowest BCUT2D eigenvalue weighted by Crippen LogP contribution is -2.40. The van der Waals surface area contributed by atoms with Gasteiger partial charge in [-0.3, -0.25) is 4.90 Å². The van der Waals surface area contributed by atoms with Gasteiger partial charge in [-0.15, -0.1) is 0 Å². The van der Waals surface area contributed by atoms with Crippen LogP contribution in [0.1, 0.15) is 6.42 Å². The van der Waals surface area contributed by atoms with E-state index < -0.39 is 24.2 Å². The number of likely N-dealkylation sites (tertiary alicyclic amines) is 1. The van der Waals surface area contributed by atoms with Gasteiger partial charge in [-0.25, -0.2) is 9.59 Å². The summed E-state index contributed by atoms with van der Waals surface area (Å²) in [4.78, 5) is 22.5. The standard InChI is InChI=1S/C7H11NO5/c1-13-6(10)5-2-4(9)3-8(5)7(11)12/h4-5,9H,2-3H2,1H3,(H,11,12)/t4-,5-/m1/s1. The van der Waals surface area contributed by atoms with E-state index >= 15 is 0 Å². The lowest BCUT2D eigenvalue weighted by molar-refractivity contribution is -0.145. The van der Waals surface area contributed by atoms with E-state index in [0.717, 1.165) is 4.90 Å². The molecule has 1 fully saturated rings. The predicted molar refractivity (Wildman–Crippen MR) is 41.2 cm³/mol. The highest BCUT2D eigenvalue weighted by atomic mass is 16.5. The third kappa shape index (κ3) is 1.89. The van der Waals surface area contributed by atoms with Crippen molar-refractivity contribution in [1.29, 1.82) is 0 Å². The van der Waals surface area contributed by atoms with Gasteiger partial charge < -0.3 is 14.9 Å². The van der Waals surface area contributed by atoms with Crippen molar-refractivity contribution < 1.29 is 24.5 Å². The molecule has 6 heteroatoms. The van der Waals surface area contributed by atoms with Crippen molar-refractivity contribution in [3.63, 3.8) is 0 Å². The molecule has 1 aliphatic rings. The lowest BCUT2D eigenvalue weighted by Gasteiger charge is -2.18. The highest BCUT2D eigenvalue weighted by Crippen LogP contribution is 2.18. The molecule has 1 saturated heterocycles. The predicted octanol–water partition coefficient (Wildman–Crippen LogP) is -0.727. The van der Waals surface area contributed by atoms with Crippen LogP contribution < -0.4 is 0 Å². The molecule has 0 saturated carbocycles. The van der Waals surface area contributed by atoms with Crippen LogP contribution in [0, 0.1) is 0 Å². The number of rotatable bonds is 1. The summed E-state index contributed by atoms with van der Waals surface area (Å²) in [6.45, 7) is -0.0326. The number of β-amino-alcohol motifs (C(OH)–C–C–N with tert-alkyl or cyclic N) is 1. The van der Waals surface area contributed by atoms with E-state index in [4.69, 9.17) is 10.2 Å². The van der Waals surface area contributed by atoms with Crippen molar-refractivity contribution in [3.8, 4) is 0 Å². The molecular weight excluding hydrogens is 178 g/mol. The van der Waals surface area contributed by atoms with Gasteiger partial charge in [0.05, 0.1) is 19.8 Å². The minimum Gasteiger partial charge on any atom is -0.467 e. The van der Waals surface area contributed by atoms with Gasteiger partial charge in [0, 0.05) is 6.42 Å². The fourth-order valence-corrected chi connectivity index (χ4v) is 1.38. The van der Waals surface area contributed by atoms with Gasteiger partial charge in [-0.05, 0) is 0 Å². The number of carbonyl (C=O) groups is 2. The Labute approximate surface area is 74.7 Å². The molecule has 74 valence electrons. The number of esters is 1. The average molecular weight is 189 g/mol. The third-order valence-corrected chi connectivity index (χ3v) is 2.00. The molecule has 1 heterocycles. The van der Waals surface area contributed by atoms with Crippen LogP contribution in [-0.2, 0) is 9.53 Å². The van der Waals surface area contributed by atoms with Crippen LogP contribution in [0.15, 0.2) is 0 Å². The molecule has 0 aliphatic carbocycles. The third-order valence-electron chi connectivity index (χ3n) is 2.00. The molecule has 6 nitrogen and oxygen atoms in total. The van der Waals surface area contributed by atoms with Crippen LogP contribution in [0.2, 0.25) is 0 Å². The van der Waals surface area contributed by atoms with Crippen molar-refractivity contribution in [2.24, 2.45) is 0 Å². The number of nitrogens with zero attached hydrogens (tertiary/aromatic N) is 1. The first kappa shape index (κ1) is 9.79. The Morgan fingerprint density at radius 2 is 2.15 bits per heavy atom. The summed E-state index contributed by atoms with van der Waals surface area (Å²) in [6, 6.07) is -0.863. The second kappa shape index (κ2) is 3.61. The normalized spacial score (nSPS) is 27.4. The van der Waals surface area contributed by atoms with Gasteiger partial charge >= 0.3 is 12.1 Å². The van der Waals surface area contributed by atoms with Crippen molar-refractivity contribution in [2.45, 2.75) is 18.6 Å². The number of aliphatic hydroxyl groups excluding tert-OH is 1. The molecule has 0 bridgehead atoms. The van der Waals surface area contributed by atoms with Crippen LogP contribution in [0.5, 0.6) is 0 Å². The minimum atomic E-state index is -1.22. The topological polar surface area (TPSA) is 87.1 Å². The van der Waals surface area contributed by atoms with Crippen LogP contribution in [-0.4, -0.2) is 53.0 Å². The zero-order valence-corrected chi connectivity index (χ0v) is 7.14. The van der Waals surface area contributed by atoms with E-state index in [1.54, 1.807) is 0 Å². The minimum absolute atomic E-state index is 0.0326. The first-order valence-corrected chi connectivity index (χ1v) is 3.81. The van der Waals surface area contributed by atoms with E-state index in [0.29, 0.717) is 0 Å². The van der Waals surface area contributed by atoms with Crippen LogP contribution in [0.3, 0.4) is 0 Å². The van der Waals surface area contributed by atoms with E-state index in [2.05, 4.69) is 4.74 Å². The summed E-state index contributed by atoms with van der Waals surface area (Å²) in [6.07, 6.45) is -1.88. The van der Waals surface area contributed by atoms with Crippen molar-refractivity contribution in [1.82, 2.24) is 4.90 Å². The SMILES string of the molecule is COC(=O)[C@H]1C[C@@H](O)CN1C(=O)O. The smallest absolute Gasteiger partial charge is 0.408 e. The maximum atomic E-state index is 11.0. The van der Waals surface area contributed by atoms with Gasteiger partial charge in [0.25, 0.3) is 0 Å². The van der Waals surface area contributed by atoms with Crippen molar-refractivity contribution in [2.75, 3.05) is 13.7 Å². The molecule has 0 aromatic carbocycles. The maximum Gasteiger partial charge on any atom is 0.408 e. The first-order valence-electron chi connectivity index (χ1n) is 3.81. The summed E-state index contributed by atoms with van der Waals surface area (Å²) < 4.78 is 4.41. The molecule has 1 rings (SSSR count). The lowest BCUT2D eigenvalue weighted by atomic mass is 10.2. The second-order valence-corrected chi connectivity index (χ2v) is 2.86. The monoisotopic (exact) mass is 189 g/mol. The van der Waals surface area contributed by atoms with Gasteiger partial charge in [0.1, 0.15) is 6.04 Å². The molecule has 0 unspecified atom stereocenters. The van der Waals surface area contributed by atoms with Crippen molar-refractivity contribution in [3.05, 3.63) is 0 Å². The Morgan fingerprint density at radius 3 is 2.62 bits per heavy atom. The molecule has 1 amide bonds. The molecule has 0 radical (unpaired) electrons. The summed E-state index contributed by atoms with van der Waals surface area (Å²) in [5.74, 6) is -0.626. The van der Waals surface area contributed by atoms with Crippen molar-refractivity contribution >= 4 is 12.1 Å². The van der Waals surface area contributed by atoms with Gasteiger partial charge in [-0.2, -0.15) is 0 Å². The molecule has 13 heavy (non-hydrogen) atoms. The summed E-state index contributed by atoms with van der Waals surface area (Å²) >= 11 is 0. The largest absolute Gasteiger partial charge is 0.467 e. The van der Waals surface area contributed by atoms with E-state index in [1.807, 2.05) is 0 Å². The van der Waals surface area contributed by atoms with Gasteiger partial charge in [0.2, 0.25) is 0 Å². The van der Waals surface area contributed by atoms with Gasteiger partial charge in [-0.1, -0.05) is 0 Å². The van der Waals surface area contributed by atoms with E-state index in [-0.39, 0.29) is 13.0 Å². The summed E-state index contributed by atoms with van der Waals surface area (Å²) in [5.41, 5.74) is 0. The highest BCUT2D eigenvalue weighted by Gasteiger charge is 2.39. The molecule has 0 spiro atoms. The Balaban J connectivity index is 2.71. The molecule has 0 aromatic heterocycles. The molecule has 2 N–H and O–H groups in total. The fourth-order valence-electron chi connectivity index (χ4n) is 1.38. The number of hydrogen-bond donors (Lipinski definition) is 2. The quantitative estimate of drug-likeness (QED) is 0.531. The molecule has 2 atom stereocenters. The number of methoxy groups -OCH3 is 1. The maximum absolute atomic E-state index is 11.0. The Kier molecular flexibility index (Phi) is 2.72. The first-order chi connectivity index (χ1) is 6.06. The number of carboxylic acid groups (broad SMARTS) is 1. The second-order valence-electron chi connectivity index (χ2n) is 2.86. The summed E-state index contributed by atoms with van der Waals surface area (Å²) in [5, 5.41) is 17.8. The molecular formula is C7H11NO5. The van der Waals surface area contributed by atoms with Gasteiger partial charge in [0.15, 0.2) is 0 Å². The van der Waals surface area contributed by atoms with E-state index in [1.165, 1.54) is 7.11 Å². The fraction of sp³-hybridized carbons (Fsp3) is 0.714. The zero-order chi connectivity index (χ0) is 10.0. The van der Waals surface area contributed by atoms with E-state index in [9.17, 15) is 9.59 Å². The number of amides is 1. The molecule has 0 aromatic rings. The Morgan fingerprint density at radius 1 is 1.54 bits per heavy atom. The zero-order valence-electron chi connectivity index (χ0n) is 7.14. The Hall–Kier alpha value is -1.30. The number of carbonyl (C=O) groups excluding carboxylic acids is 1. The number of aliphatic hydroxyl groups is 1. The highest BCUT2D eigenvalue weighted by molar-refractivity contribution is 5.81. The number of hydrogen-bond acceptors (Lipinski definition) is 4. The van der Waals surface area contributed by atoms with Crippen LogP contribution >= 0.6 is 0 Å². The number of ether oxygens (including phenoxy) is 1. The van der Waals surface area contributed by atoms with Crippen LogP contribution in [0.4, 0.5) is 4.79 Å². The molecule has 1 aliphatic heterocycles. The average Bonchev–Trinajstić information content (AvgIpc) is 2.46.